The number of pyridine rings is 1. The minimum Gasteiger partial charge on any atom is -0.486 e. The molecule has 0 fully saturated rings. The molecule has 0 saturated heterocycles. The summed E-state index contributed by atoms with van der Waals surface area (Å²) in [6.45, 7) is 6.44. The van der Waals surface area contributed by atoms with E-state index in [2.05, 4.69) is 41.2 Å². The Morgan fingerprint density at radius 1 is 1.16 bits per heavy atom. The smallest absolute Gasteiger partial charge is 0.258 e. The van der Waals surface area contributed by atoms with E-state index < -0.39 is 0 Å². The Labute approximate surface area is 184 Å². The van der Waals surface area contributed by atoms with Crippen molar-refractivity contribution in [1.29, 1.82) is 0 Å². The van der Waals surface area contributed by atoms with Crippen molar-refractivity contribution in [2.45, 2.75) is 44.2 Å². The second-order valence-corrected chi connectivity index (χ2v) is 8.48. The lowest BCUT2D eigenvalue weighted by Gasteiger charge is -2.09. The van der Waals surface area contributed by atoms with Gasteiger partial charge in [0.2, 0.25) is 5.16 Å². The number of ether oxygens (including phenoxy) is 1. The predicted molar refractivity (Wildman–Crippen MR) is 121 cm³/mol. The molecule has 0 spiro atoms. The normalized spacial score (nSPS) is 11.4. The van der Waals surface area contributed by atoms with Crippen molar-refractivity contribution in [3.05, 3.63) is 81.7 Å². The van der Waals surface area contributed by atoms with E-state index in [1.165, 1.54) is 32.5 Å². The topological polar surface area (TPSA) is 100 Å². The first-order valence-corrected chi connectivity index (χ1v) is 10.9. The van der Waals surface area contributed by atoms with E-state index in [9.17, 15) is 4.79 Å². The van der Waals surface area contributed by atoms with E-state index in [1.54, 1.807) is 6.20 Å². The van der Waals surface area contributed by atoms with Crippen molar-refractivity contribution < 1.29 is 4.74 Å². The second-order valence-electron chi connectivity index (χ2n) is 7.54. The van der Waals surface area contributed by atoms with Gasteiger partial charge in [0, 0.05) is 18.0 Å². The average molecular weight is 437 g/mol. The Bertz CT molecular complexity index is 1260. The number of rotatable bonds is 7. The third-order valence-electron chi connectivity index (χ3n) is 4.94. The van der Waals surface area contributed by atoms with Crippen LogP contribution in [0.4, 0.5) is 0 Å². The molecule has 160 valence electrons. The highest BCUT2D eigenvalue weighted by atomic mass is 32.2. The van der Waals surface area contributed by atoms with Gasteiger partial charge in [-0.05, 0) is 42.2 Å². The van der Waals surface area contributed by atoms with Crippen LogP contribution in [0, 0.1) is 6.92 Å². The Morgan fingerprint density at radius 2 is 1.94 bits per heavy atom. The second kappa shape index (κ2) is 8.81. The molecule has 0 radical (unpaired) electrons. The Kier molecular flexibility index (Phi) is 5.94. The van der Waals surface area contributed by atoms with Crippen LogP contribution in [0.1, 0.15) is 42.4 Å². The molecule has 0 aliphatic carbocycles. The lowest BCUT2D eigenvalue weighted by atomic mass is 10.0. The number of hydrogen-bond donors (Lipinski definition) is 1. The third-order valence-corrected chi connectivity index (χ3v) is 5.91. The summed E-state index contributed by atoms with van der Waals surface area (Å²) in [6, 6.07) is 13.3. The van der Waals surface area contributed by atoms with E-state index in [1.807, 2.05) is 31.2 Å². The number of benzene rings is 1. The van der Waals surface area contributed by atoms with Crippen molar-refractivity contribution in [2.24, 2.45) is 0 Å². The Morgan fingerprint density at radius 3 is 2.68 bits per heavy atom. The lowest BCUT2D eigenvalue weighted by Crippen LogP contribution is -2.17. The highest BCUT2D eigenvalue weighted by molar-refractivity contribution is 7.98. The highest BCUT2D eigenvalue weighted by Gasteiger charge is 2.13. The molecule has 0 atom stereocenters. The van der Waals surface area contributed by atoms with E-state index in [0.717, 1.165) is 11.3 Å². The van der Waals surface area contributed by atoms with Gasteiger partial charge in [-0.15, -0.1) is 10.2 Å². The molecule has 9 heteroatoms. The number of hydrogen-bond acceptors (Lipinski definition) is 7. The molecule has 4 aromatic rings. The molecule has 3 heterocycles. The van der Waals surface area contributed by atoms with E-state index in [4.69, 9.17) is 10.6 Å². The number of nitrogens with zero attached hydrogens (tertiary/aromatic N) is 5. The maximum atomic E-state index is 12.4. The van der Waals surface area contributed by atoms with Crippen molar-refractivity contribution in [1.82, 2.24) is 24.3 Å². The minimum absolute atomic E-state index is 0.115. The number of thioether (sulfide) groups is 1. The molecule has 1 aromatic carbocycles. The van der Waals surface area contributed by atoms with Crippen molar-refractivity contribution in [2.75, 3.05) is 5.84 Å². The monoisotopic (exact) mass is 436 g/mol. The first kappa shape index (κ1) is 20.9. The van der Waals surface area contributed by atoms with Gasteiger partial charge in [-0.2, -0.15) is 0 Å². The van der Waals surface area contributed by atoms with Crippen LogP contribution in [0.5, 0.6) is 5.75 Å². The van der Waals surface area contributed by atoms with Gasteiger partial charge in [0.25, 0.3) is 5.56 Å². The van der Waals surface area contributed by atoms with Crippen LogP contribution in [0.3, 0.4) is 0 Å². The van der Waals surface area contributed by atoms with Gasteiger partial charge in [-0.1, -0.05) is 43.8 Å². The standard InChI is InChI=1S/C22H24N6O2S/c1-14(2)16-6-8-18(9-7-16)30-12-19-25-26-22(28(19)23)31-13-17-11-20(29)27-10-4-5-15(3)21(27)24-17/h4-11,14H,12-13,23H2,1-3H3. The number of aryl methyl sites for hydroxylation is 1. The molecule has 0 unspecified atom stereocenters. The molecule has 0 amide bonds. The average Bonchev–Trinajstić information content (AvgIpc) is 3.11. The van der Waals surface area contributed by atoms with Crippen LogP contribution in [0.25, 0.3) is 5.65 Å². The summed E-state index contributed by atoms with van der Waals surface area (Å²) in [5, 5.41) is 8.80. The lowest BCUT2D eigenvalue weighted by molar-refractivity contribution is 0.291. The van der Waals surface area contributed by atoms with Gasteiger partial charge >= 0.3 is 0 Å². The molecule has 0 saturated carbocycles. The SMILES string of the molecule is Cc1cccn2c(=O)cc(CSc3nnc(COc4ccc(C(C)C)cc4)n3N)nc12. The van der Waals surface area contributed by atoms with Gasteiger partial charge in [0.1, 0.15) is 18.0 Å². The molecule has 31 heavy (non-hydrogen) atoms. The molecule has 2 N–H and O–H groups in total. The zero-order valence-electron chi connectivity index (χ0n) is 17.6. The summed E-state index contributed by atoms with van der Waals surface area (Å²) < 4.78 is 8.74. The molecule has 0 bridgehead atoms. The molecule has 0 aliphatic heterocycles. The Hall–Kier alpha value is -3.33. The van der Waals surface area contributed by atoms with E-state index in [-0.39, 0.29) is 12.2 Å². The molecular formula is C22H24N6O2S. The summed E-state index contributed by atoms with van der Waals surface area (Å²) in [7, 11) is 0. The van der Waals surface area contributed by atoms with Crippen LogP contribution < -0.4 is 16.1 Å². The third kappa shape index (κ3) is 4.56. The fourth-order valence-electron chi connectivity index (χ4n) is 3.12. The first-order chi connectivity index (χ1) is 14.9. The van der Waals surface area contributed by atoms with Crippen LogP contribution in [-0.2, 0) is 12.4 Å². The molecule has 8 nitrogen and oxygen atoms in total. The van der Waals surface area contributed by atoms with Crippen molar-refractivity contribution in [3.63, 3.8) is 0 Å². The summed E-state index contributed by atoms with van der Waals surface area (Å²) >= 11 is 1.37. The number of nitrogen functional groups attached to an aromatic ring is 1. The number of nitrogens with two attached hydrogens (primary N) is 1. The summed E-state index contributed by atoms with van der Waals surface area (Å²) in [6.07, 6.45) is 1.72. The minimum atomic E-state index is -0.115. The maximum absolute atomic E-state index is 12.4. The van der Waals surface area contributed by atoms with Gasteiger partial charge in [0.05, 0.1) is 5.69 Å². The highest BCUT2D eigenvalue weighted by Crippen LogP contribution is 2.22. The summed E-state index contributed by atoms with van der Waals surface area (Å²) in [4.78, 5) is 17.0. The van der Waals surface area contributed by atoms with Crippen LogP contribution in [-0.4, -0.2) is 24.3 Å². The van der Waals surface area contributed by atoms with Gasteiger partial charge < -0.3 is 10.6 Å². The quantitative estimate of drug-likeness (QED) is 0.350. The maximum Gasteiger partial charge on any atom is 0.258 e. The van der Waals surface area contributed by atoms with Crippen molar-refractivity contribution >= 4 is 17.4 Å². The van der Waals surface area contributed by atoms with Crippen LogP contribution in [0.2, 0.25) is 0 Å². The molecule has 3 aromatic heterocycles. The zero-order valence-corrected chi connectivity index (χ0v) is 18.5. The molecule has 4 rings (SSSR count). The van der Waals surface area contributed by atoms with Crippen molar-refractivity contribution in [3.8, 4) is 5.75 Å². The molecular weight excluding hydrogens is 412 g/mol. The Balaban J connectivity index is 1.42. The predicted octanol–water partition coefficient (Wildman–Crippen LogP) is 3.30. The largest absolute Gasteiger partial charge is 0.486 e. The molecule has 0 aliphatic rings. The van der Waals surface area contributed by atoms with Gasteiger partial charge in [-0.25, -0.2) is 9.66 Å². The summed E-state index contributed by atoms with van der Waals surface area (Å²) in [5.74, 6) is 8.33. The fourth-order valence-corrected chi connectivity index (χ4v) is 3.89. The van der Waals surface area contributed by atoms with Crippen LogP contribution in [0.15, 0.2) is 58.6 Å². The number of fused-ring (bicyclic) bond motifs is 1. The summed E-state index contributed by atoms with van der Waals surface area (Å²) in [5.41, 5.74) is 3.39. The van der Waals surface area contributed by atoms with Gasteiger partial charge in [0.15, 0.2) is 5.82 Å². The first-order valence-electron chi connectivity index (χ1n) is 9.95. The van der Waals surface area contributed by atoms with Crippen LogP contribution >= 0.6 is 11.8 Å². The van der Waals surface area contributed by atoms with Gasteiger partial charge in [-0.3, -0.25) is 9.20 Å². The zero-order chi connectivity index (χ0) is 22.0. The van der Waals surface area contributed by atoms with E-state index >= 15 is 0 Å². The van der Waals surface area contributed by atoms with E-state index in [0.29, 0.717) is 34.0 Å². The number of aromatic nitrogens is 5. The fraction of sp³-hybridized carbons (Fsp3) is 0.273.